The van der Waals surface area contributed by atoms with Crippen molar-refractivity contribution in [3.05, 3.63) is 58.4 Å². The number of carbonyl (C=O) groups is 1. The molecular weight excluding hydrogens is 530 g/mol. The lowest BCUT2D eigenvalue weighted by Crippen LogP contribution is -2.46. The number of aromatic nitrogens is 3. The normalized spacial score (nSPS) is 17.4. The molecule has 0 saturated carbocycles. The van der Waals surface area contributed by atoms with Gasteiger partial charge in [0, 0.05) is 45.3 Å². The van der Waals surface area contributed by atoms with Crippen molar-refractivity contribution < 1.29 is 28.5 Å². The largest absolute Gasteiger partial charge is 0.486 e. The number of aliphatic hydroxyl groups is 1. The molecule has 1 saturated heterocycles. The number of amides is 1. The first-order valence-corrected chi connectivity index (χ1v) is 13.6. The molecule has 5 rings (SSSR count). The first kappa shape index (κ1) is 28.7. The van der Waals surface area contributed by atoms with Crippen LogP contribution in [0.4, 0.5) is 11.8 Å². The first-order valence-electron chi connectivity index (χ1n) is 13.6. The van der Waals surface area contributed by atoms with Crippen LogP contribution in [0, 0.1) is 6.92 Å². The number of likely N-dealkylation sites (N-methyl/N-ethyl adjacent to an activating group) is 1. The highest BCUT2D eigenvalue weighted by molar-refractivity contribution is 5.94. The van der Waals surface area contributed by atoms with Crippen molar-refractivity contribution in [2.24, 2.45) is 5.73 Å². The number of ether oxygens (including phenoxy) is 3. The number of oxazole rings is 1. The third-order valence-electron chi connectivity index (χ3n) is 7.44. The number of aliphatic hydroxyl groups excluding tert-OH is 1. The van der Waals surface area contributed by atoms with Crippen molar-refractivity contribution in [1.82, 2.24) is 20.3 Å². The van der Waals surface area contributed by atoms with Crippen LogP contribution < -0.4 is 26.0 Å². The lowest BCUT2D eigenvalue weighted by atomic mass is 9.90. The van der Waals surface area contributed by atoms with Crippen molar-refractivity contribution >= 4 is 17.7 Å². The molecule has 2 aliphatic heterocycles. The summed E-state index contributed by atoms with van der Waals surface area (Å²) in [4.78, 5) is 27.6. The summed E-state index contributed by atoms with van der Waals surface area (Å²) in [5.74, 6) is 1.56. The summed E-state index contributed by atoms with van der Waals surface area (Å²) in [6, 6.07) is 5.72. The standard InChI is InChI=1S/C28H37N7O6/c1-16-24(41-15-31-16)14-40-20-5-4-17-9-22(30-11-18(17)8-20)23(36)10-21-25(26(29)37)33-28(35(2)6-7-38-3)34-27(21)32-19-12-39-13-19/h4-5,8,15,19,22-23,30,36H,6-7,9-14H2,1-3H3,(H2,29,37)(H,32,33,34)/t22-,23+/m0/s1. The molecule has 1 amide bonds. The number of aryl methyl sites for hydroxylation is 1. The Morgan fingerprint density at radius 1 is 1.32 bits per heavy atom. The Morgan fingerprint density at radius 3 is 2.83 bits per heavy atom. The molecule has 13 heteroatoms. The number of primary amides is 1. The third kappa shape index (κ3) is 6.76. The number of rotatable bonds is 13. The van der Waals surface area contributed by atoms with Gasteiger partial charge in [0.25, 0.3) is 5.91 Å². The molecule has 1 fully saturated rings. The molecule has 0 bridgehead atoms. The van der Waals surface area contributed by atoms with E-state index in [4.69, 9.17) is 29.3 Å². The van der Waals surface area contributed by atoms with E-state index in [0.29, 0.717) is 69.0 Å². The Kier molecular flexibility index (Phi) is 8.98. The van der Waals surface area contributed by atoms with Crippen LogP contribution in [0.5, 0.6) is 5.75 Å². The number of carbonyl (C=O) groups excluding carboxylic acids is 1. The van der Waals surface area contributed by atoms with Gasteiger partial charge in [0.15, 0.2) is 12.2 Å². The molecule has 13 nitrogen and oxygen atoms in total. The van der Waals surface area contributed by atoms with Crippen LogP contribution in [-0.4, -0.2) is 84.7 Å². The van der Waals surface area contributed by atoms with Gasteiger partial charge in [0.1, 0.15) is 23.9 Å². The smallest absolute Gasteiger partial charge is 0.267 e. The Bertz CT molecular complexity index is 1360. The van der Waals surface area contributed by atoms with E-state index in [1.54, 1.807) is 12.0 Å². The van der Waals surface area contributed by atoms with Gasteiger partial charge in [0.05, 0.1) is 37.7 Å². The number of nitrogens with zero attached hydrogens (tertiary/aromatic N) is 4. The maximum absolute atomic E-state index is 12.6. The van der Waals surface area contributed by atoms with Crippen molar-refractivity contribution in [2.45, 2.75) is 51.1 Å². The monoisotopic (exact) mass is 567 g/mol. The molecule has 220 valence electrons. The zero-order valence-electron chi connectivity index (χ0n) is 23.6. The molecule has 1 aromatic carbocycles. The quantitative estimate of drug-likeness (QED) is 0.231. The molecule has 3 aromatic rings. The number of hydrogen-bond donors (Lipinski definition) is 4. The van der Waals surface area contributed by atoms with Crippen LogP contribution >= 0.6 is 0 Å². The fourth-order valence-corrected chi connectivity index (χ4v) is 4.84. The summed E-state index contributed by atoms with van der Waals surface area (Å²) in [5.41, 5.74) is 9.36. The van der Waals surface area contributed by atoms with Crippen molar-refractivity contribution in [1.29, 1.82) is 0 Å². The molecule has 0 unspecified atom stereocenters. The maximum Gasteiger partial charge on any atom is 0.267 e. The summed E-state index contributed by atoms with van der Waals surface area (Å²) < 4.78 is 21.7. The van der Waals surface area contributed by atoms with E-state index in [9.17, 15) is 9.90 Å². The first-order chi connectivity index (χ1) is 19.8. The minimum Gasteiger partial charge on any atom is -0.486 e. The van der Waals surface area contributed by atoms with Crippen molar-refractivity contribution in [3.8, 4) is 5.75 Å². The number of anilines is 2. The summed E-state index contributed by atoms with van der Waals surface area (Å²) in [5, 5.41) is 18.1. The molecule has 2 aliphatic rings. The number of methoxy groups -OCH3 is 1. The lowest BCUT2D eigenvalue weighted by molar-refractivity contribution is 0.0209. The van der Waals surface area contributed by atoms with E-state index in [0.717, 1.165) is 22.6 Å². The predicted octanol–water partition coefficient (Wildman–Crippen LogP) is 0.962. The topological polar surface area (TPSA) is 170 Å². The lowest BCUT2D eigenvalue weighted by Gasteiger charge is -2.32. The summed E-state index contributed by atoms with van der Waals surface area (Å²) in [7, 11) is 3.43. The number of nitrogens with one attached hydrogen (secondary N) is 2. The molecule has 2 aromatic heterocycles. The van der Waals surface area contributed by atoms with Crippen molar-refractivity contribution in [3.63, 3.8) is 0 Å². The van der Waals surface area contributed by atoms with E-state index in [2.05, 4.69) is 20.6 Å². The van der Waals surface area contributed by atoms with E-state index in [-0.39, 0.29) is 24.2 Å². The molecule has 0 spiro atoms. The second kappa shape index (κ2) is 12.8. The average molecular weight is 568 g/mol. The summed E-state index contributed by atoms with van der Waals surface area (Å²) in [6.07, 6.45) is 1.32. The fourth-order valence-electron chi connectivity index (χ4n) is 4.84. The Morgan fingerprint density at radius 2 is 2.15 bits per heavy atom. The van der Waals surface area contributed by atoms with Gasteiger partial charge in [-0.3, -0.25) is 4.79 Å². The average Bonchev–Trinajstić information content (AvgIpc) is 3.36. The minimum absolute atomic E-state index is 0.0442. The van der Waals surface area contributed by atoms with Crippen LogP contribution in [0.1, 0.15) is 38.6 Å². The van der Waals surface area contributed by atoms with Gasteiger partial charge in [-0.1, -0.05) is 6.07 Å². The van der Waals surface area contributed by atoms with Gasteiger partial charge >= 0.3 is 0 Å². The molecular formula is C28H37N7O6. The predicted molar refractivity (Wildman–Crippen MR) is 150 cm³/mol. The Labute approximate surface area is 238 Å². The second-order valence-corrected chi connectivity index (χ2v) is 10.4. The SMILES string of the molecule is COCCN(C)c1nc(NC2COC2)c(C[C@@H](O)[C@@H]2Cc3ccc(OCc4ocnc4C)cc3CN2)c(C(N)=O)n1. The summed E-state index contributed by atoms with van der Waals surface area (Å²) in [6.45, 7) is 4.78. The highest BCUT2D eigenvalue weighted by Crippen LogP contribution is 2.28. The molecule has 4 heterocycles. The zero-order chi connectivity index (χ0) is 28.9. The maximum atomic E-state index is 12.6. The van der Waals surface area contributed by atoms with E-state index >= 15 is 0 Å². The zero-order valence-corrected chi connectivity index (χ0v) is 23.6. The van der Waals surface area contributed by atoms with Gasteiger partial charge in [-0.25, -0.2) is 9.97 Å². The van der Waals surface area contributed by atoms with Gasteiger partial charge in [-0.15, -0.1) is 0 Å². The highest BCUT2D eigenvalue weighted by Gasteiger charge is 2.30. The van der Waals surface area contributed by atoms with Gasteiger partial charge in [0.2, 0.25) is 5.95 Å². The van der Waals surface area contributed by atoms with Crippen LogP contribution in [0.25, 0.3) is 0 Å². The van der Waals surface area contributed by atoms with E-state index < -0.39 is 12.0 Å². The van der Waals surface area contributed by atoms with Gasteiger partial charge < -0.3 is 45.0 Å². The Balaban J connectivity index is 1.31. The molecule has 0 aliphatic carbocycles. The fraction of sp³-hybridized carbons (Fsp3) is 0.500. The highest BCUT2D eigenvalue weighted by atomic mass is 16.5. The Hall–Kier alpha value is -3.78. The molecule has 41 heavy (non-hydrogen) atoms. The number of hydrogen-bond acceptors (Lipinski definition) is 12. The van der Waals surface area contributed by atoms with Crippen LogP contribution in [0.2, 0.25) is 0 Å². The molecule has 0 radical (unpaired) electrons. The van der Waals surface area contributed by atoms with Gasteiger partial charge in [-0.2, -0.15) is 4.98 Å². The van der Waals surface area contributed by atoms with E-state index in [1.807, 2.05) is 32.2 Å². The third-order valence-corrected chi connectivity index (χ3v) is 7.44. The number of fused-ring (bicyclic) bond motifs is 1. The summed E-state index contributed by atoms with van der Waals surface area (Å²) >= 11 is 0. The van der Waals surface area contributed by atoms with E-state index in [1.165, 1.54) is 6.39 Å². The molecule has 2 atom stereocenters. The number of nitrogens with two attached hydrogens (primary N) is 1. The van der Waals surface area contributed by atoms with Gasteiger partial charge in [-0.05, 0) is 36.6 Å². The van der Waals surface area contributed by atoms with Crippen LogP contribution in [0.3, 0.4) is 0 Å². The van der Waals surface area contributed by atoms with Crippen LogP contribution in [0.15, 0.2) is 29.0 Å². The molecule has 5 N–H and O–H groups in total. The van der Waals surface area contributed by atoms with Crippen LogP contribution in [-0.2, 0) is 35.5 Å². The minimum atomic E-state index is -0.828. The second-order valence-electron chi connectivity index (χ2n) is 10.4. The van der Waals surface area contributed by atoms with Crippen molar-refractivity contribution in [2.75, 3.05) is 50.7 Å². The number of benzene rings is 1.